The van der Waals surface area contributed by atoms with Gasteiger partial charge in [0.25, 0.3) is 0 Å². The van der Waals surface area contributed by atoms with E-state index in [-0.39, 0.29) is 30.4 Å². The van der Waals surface area contributed by atoms with Crippen LogP contribution in [0.15, 0.2) is 0 Å². The molecule has 0 radical (unpaired) electrons. The highest BCUT2D eigenvalue weighted by atomic mass is 32.2. The first-order chi connectivity index (χ1) is 9.36. The molecule has 7 heteroatoms. The van der Waals surface area contributed by atoms with Crippen LogP contribution in [0.4, 0.5) is 0 Å². The molecule has 2 aliphatic rings. The number of aliphatic hydroxyl groups is 1. The lowest BCUT2D eigenvalue weighted by molar-refractivity contribution is -0.126. The quantitative estimate of drug-likeness (QED) is 0.719. The number of piperidine rings is 1. The fourth-order valence-corrected chi connectivity index (χ4v) is 3.72. The molecule has 1 saturated carbocycles. The summed E-state index contributed by atoms with van der Waals surface area (Å²) in [5.74, 6) is -0.300. The van der Waals surface area contributed by atoms with E-state index in [9.17, 15) is 13.2 Å². The minimum atomic E-state index is -3.21. The molecule has 0 bridgehead atoms. The summed E-state index contributed by atoms with van der Waals surface area (Å²) in [6.45, 7) is 1.55. The average molecular weight is 304 g/mol. The number of rotatable bonds is 6. The second-order valence-electron chi connectivity index (χ2n) is 6.15. The van der Waals surface area contributed by atoms with E-state index in [4.69, 9.17) is 5.11 Å². The topological polar surface area (TPSA) is 86.7 Å². The van der Waals surface area contributed by atoms with Crippen molar-refractivity contribution in [2.45, 2.75) is 32.1 Å². The number of carbonyl (C=O) groups is 1. The molecular formula is C13H24N2O4S. The molecule has 1 amide bonds. The van der Waals surface area contributed by atoms with Gasteiger partial charge in [0.2, 0.25) is 15.9 Å². The monoisotopic (exact) mass is 304 g/mol. The molecule has 6 nitrogen and oxygen atoms in total. The molecule has 1 aliphatic carbocycles. The molecule has 2 rings (SSSR count). The third-order valence-corrected chi connectivity index (χ3v) is 5.73. The summed E-state index contributed by atoms with van der Waals surface area (Å²) in [6.07, 6.45) is 5.49. The van der Waals surface area contributed by atoms with Gasteiger partial charge in [-0.15, -0.1) is 0 Å². The minimum absolute atomic E-state index is 0.0532. The van der Waals surface area contributed by atoms with Crippen LogP contribution >= 0.6 is 0 Å². The molecule has 2 fully saturated rings. The minimum Gasteiger partial charge on any atom is -0.396 e. The summed E-state index contributed by atoms with van der Waals surface area (Å²) < 4.78 is 24.5. The van der Waals surface area contributed by atoms with Crippen molar-refractivity contribution in [2.75, 3.05) is 32.5 Å². The van der Waals surface area contributed by atoms with Crippen LogP contribution in [0.3, 0.4) is 0 Å². The van der Waals surface area contributed by atoms with Crippen LogP contribution < -0.4 is 5.32 Å². The molecule has 1 heterocycles. The number of hydrogen-bond donors (Lipinski definition) is 2. The Morgan fingerprint density at radius 2 is 2.15 bits per heavy atom. The smallest absolute Gasteiger partial charge is 0.224 e. The molecule has 116 valence electrons. The second-order valence-corrected chi connectivity index (χ2v) is 8.13. The van der Waals surface area contributed by atoms with E-state index in [1.165, 1.54) is 10.6 Å². The number of carbonyl (C=O) groups excluding carboxylic acids is 1. The van der Waals surface area contributed by atoms with Crippen molar-refractivity contribution in [3.63, 3.8) is 0 Å². The SMILES string of the molecule is CS(=O)(=O)N1CCCC(C(=O)NCC2(CCO)CC2)C1. The van der Waals surface area contributed by atoms with Crippen molar-refractivity contribution in [1.29, 1.82) is 0 Å². The van der Waals surface area contributed by atoms with Gasteiger partial charge in [-0.05, 0) is 37.5 Å². The Balaban J connectivity index is 1.83. The average Bonchev–Trinajstić information content (AvgIpc) is 3.16. The van der Waals surface area contributed by atoms with E-state index >= 15 is 0 Å². The predicted octanol–water partition coefficient (Wildman–Crippen LogP) is -0.0632. The Bertz CT molecular complexity index is 459. The van der Waals surface area contributed by atoms with Gasteiger partial charge in [-0.2, -0.15) is 0 Å². The molecule has 20 heavy (non-hydrogen) atoms. The van der Waals surface area contributed by atoms with Gasteiger partial charge < -0.3 is 10.4 Å². The van der Waals surface area contributed by atoms with Crippen molar-refractivity contribution < 1.29 is 18.3 Å². The normalized spacial score (nSPS) is 26.2. The van der Waals surface area contributed by atoms with E-state index in [0.29, 0.717) is 13.1 Å². The third-order valence-electron chi connectivity index (χ3n) is 4.46. The van der Waals surface area contributed by atoms with Crippen molar-refractivity contribution >= 4 is 15.9 Å². The highest BCUT2D eigenvalue weighted by Gasteiger charge is 2.42. The zero-order valence-corrected chi connectivity index (χ0v) is 12.8. The van der Waals surface area contributed by atoms with Crippen LogP contribution in [0.2, 0.25) is 0 Å². The van der Waals surface area contributed by atoms with Gasteiger partial charge in [0, 0.05) is 26.2 Å². The van der Waals surface area contributed by atoms with Crippen LogP contribution in [0.25, 0.3) is 0 Å². The molecular weight excluding hydrogens is 280 g/mol. The molecule has 1 unspecified atom stereocenters. The lowest BCUT2D eigenvalue weighted by Gasteiger charge is -2.30. The summed E-state index contributed by atoms with van der Waals surface area (Å²) in [6, 6.07) is 0. The van der Waals surface area contributed by atoms with Gasteiger partial charge in [0.1, 0.15) is 0 Å². The van der Waals surface area contributed by atoms with Crippen molar-refractivity contribution in [3.8, 4) is 0 Å². The van der Waals surface area contributed by atoms with Crippen molar-refractivity contribution in [1.82, 2.24) is 9.62 Å². The van der Waals surface area contributed by atoms with Crippen LogP contribution in [0.1, 0.15) is 32.1 Å². The summed E-state index contributed by atoms with van der Waals surface area (Å²) in [7, 11) is -3.21. The van der Waals surface area contributed by atoms with E-state index in [2.05, 4.69) is 5.32 Å². The number of amides is 1. The predicted molar refractivity (Wildman–Crippen MR) is 75.5 cm³/mol. The summed E-state index contributed by atoms with van der Waals surface area (Å²) >= 11 is 0. The summed E-state index contributed by atoms with van der Waals surface area (Å²) in [4.78, 5) is 12.2. The Labute approximate surface area is 120 Å². The van der Waals surface area contributed by atoms with Gasteiger partial charge in [-0.25, -0.2) is 12.7 Å². The molecule has 0 aromatic carbocycles. The summed E-state index contributed by atoms with van der Waals surface area (Å²) in [5.41, 5.74) is 0.0929. The molecule has 2 N–H and O–H groups in total. The first kappa shape index (κ1) is 15.7. The van der Waals surface area contributed by atoms with E-state index in [0.717, 1.165) is 32.1 Å². The highest BCUT2D eigenvalue weighted by molar-refractivity contribution is 7.88. The van der Waals surface area contributed by atoms with Gasteiger partial charge in [-0.1, -0.05) is 0 Å². The van der Waals surface area contributed by atoms with Gasteiger partial charge in [0.15, 0.2) is 0 Å². The van der Waals surface area contributed by atoms with Gasteiger partial charge in [-0.3, -0.25) is 4.79 Å². The van der Waals surface area contributed by atoms with Crippen molar-refractivity contribution in [3.05, 3.63) is 0 Å². The lowest BCUT2D eigenvalue weighted by Crippen LogP contribution is -2.46. The maximum atomic E-state index is 12.2. The fraction of sp³-hybridized carbons (Fsp3) is 0.923. The molecule has 1 atom stereocenters. The first-order valence-corrected chi connectivity index (χ1v) is 9.05. The van der Waals surface area contributed by atoms with E-state index < -0.39 is 10.0 Å². The Morgan fingerprint density at radius 3 is 2.70 bits per heavy atom. The van der Waals surface area contributed by atoms with Crippen LogP contribution in [0.5, 0.6) is 0 Å². The maximum Gasteiger partial charge on any atom is 0.224 e. The zero-order chi connectivity index (χ0) is 14.8. The van der Waals surface area contributed by atoms with Crippen LogP contribution in [0, 0.1) is 11.3 Å². The van der Waals surface area contributed by atoms with Crippen LogP contribution in [-0.4, -0.2) is 56.2 Å². The second kappa shape index (κ2) is 5.99. The fourth-order valence-electron chi connectivity index (χ4n) is 2.81. The van der Waals surface area contributed by atoms with E-state index in [1.807, 2.05) is 0 Å². The Kier molecular flexibility index (Phi) is 4.71. The number of aliphatic hydroxyl groups excluding tert-OH is 1. The molecule has 1 aliphatic heterocycles. The standard InChI is InChI=1S/C13H24N2O4S/c1-20(18,19)15-7-2-3-11(9-15)12(17)14-10-13(4-5-13)6-8-16/h11,16H,2-10H2,1H3,(H,14,17). The molecule has 1 saturated heterocycles. The van der Waals surface area contributed by atoms with Crippen LogP contribution in [-0.2, 0) is 14.8 Å². The first-order valence-electron chi connectivity index (χ1n) is 7.20. The number of nitrogens with one attached hydrogen (secondary N) is 1. The highest BCUT2D eigenvalue weighted by Crippen LogP contribution is 2.47. The van der Waals surface area contributed by atoms with Gasteiger partial charge >= 0.3 is 0 Å². The lowest BCUT2D eigenvalue weighted by atomic mass is 9.97. The Morgan fingerprint density at radius 1 is 1.45 bits per heavy atom. The van der Waals surface area contributed by atoms with Gasteiger partial charge in [0.05, 0.1) is 12.2 Å². The van der Waals surface area contributed by atoms with Crippen molar-refractivity contribution in [2.24, 2.45) is 11.3 Å². The molecule has 0 spiro atoms. The Hall–Kier alpha value is -0.660. The zero-order valence-electron chi connectivity index (χ0n) is 12.0. The number of nitrogens with zero attached hydrogens (tertiary/aromatic N) is 1. The molecule has 0 aromatic rings. The third kappa shape index (κ3) is 3.93. The summed E-state index contributed by atoms with van der Waals surface area (Å²) in [5, 5.41) is 11.9. The number of hydrogen-bond acceptors (Lipinski definition) is 4. The maximum absolute atomic E-state index is 12.2. The molecule has 0 aromatic heterocycles. The van der Waals surface area contributed by atoms with E-state index in [1.54, 1.807) is 0 Å². The largest absolute Gasteiger partial charge is 0.396 e. The number of sulfonamides is 1.